The average Bonchev–Trinajstić information content (AvgIpc) is 3.00. The van der Waals surface area contributed by atoms with Crippen LogP contribution in [0.5, 0.6) is 0 Å². The summed E-state index contributed by atoms with van der Waals surface area (Å²) in [6.07, 6.45) is 4.43. The molecule has 5 nitrogen and oxygen atoms in total. The van der Waals surface area contributed by atoms with Crippen molar-refractivity contribution in [1.82, 2.24) is 4.57 Å². The number of carbonyl (C=O) groups excluding carboxylic acids is 1. The number of anilines is 1. The van der Waals surface area contributed by atoms with Gasteiger partial charge in [-0.1, -0.05) is 15.9 Å². The van der Waals surface area contributed by atoms with Crippen molar-refractivity contribution in [2.45, 2.75) is 45.1 Å². The molecule has 1 amide bonds. The predicted molar refractivity (Wildman–Crippen MR) is 103 cm³/mol. The molecule has 27 heavy (non-hydrogen) atoms. The van der Waals surface area contributed by atoms with E-state index in [0.717, 1.165) is 25.7 Å². The van der Waals surface area contributed by atoms with Gasteiger partial charge in [0.1, 0.15) is 11.5 Å². The van der Waals surface area contributed by atoms with E-state index in [-0.39, 0.29) is 18.7 Å². The zero-order valence-electron chi connectivity index (χ0n) is 14.8. The fourth-order valence-corrected chi connectivity index (χ4v) is 4.80. The quantitative estimate of drug-likeness (QED) is 0.792. The maximum atomic E-state index is 14.1. The largest absolute Gasteiger partial charge is 0.481 e. The zero-order valence-corrected chi connectivity index (χ0v) is 16.4. The van der Waals surface area contributed by atoms with Gasteiger partial charge < -0.3 is 14.6 Å². The van der Waals surface area contributed by atoms with Gasteiger partial charge in [-0.3, -0.25) is 9.59 Å². The lowest BCUT2D eigenvalue weighted by Crippen LogP contribution is -2.41. The van der Waals surface area contributed by atoms with Crippen LogP contribution in [0, 0.1) is 5.82 Å². The van der Waals surface area contributed by atoms with E-state index >= 15 is 0 Å². The third-order valence-electron chi connectivity index (χ3n) is 5.44. The molecule has 0 fully saturated rings. The molecule has 2 aliphatic rings. The van der Waals surface area contributed by atoms with Crippen molar-refractivity contribution in [3.8, 4) is 0 Å². The Morgan fingerprint density at radius 1 is 1.19 bits per heavy atom. The number of nitrogens with zero attached hydrogens (tertiary/aromatic N) is 2. The molecule has 1 aromatic heterocycles. The number of carboxylic acid groups (broad SMARTS) is 1. The first-order chi connectivity index (χ1) is 13.0. The maximum Gasteiger partial charge on any atom is 0.303 e. The van der Waals surface area contributed by atoms with Gasteiger partial charge in [0.25, 0.3) is 5.91 Å². The summed E-state index contributed by atoms with van der Waals surface area (Å²) in [5.41, 5.74) is 4.27. The van der Waals surface area contributed by atoms with Crippen molar-refractivity contribution in [1.29, 1.82) is 0 Å². The highest BCUT2D eigenvalue weighted by atomic mass is 79.9. The second-order valence-electron chi connectivity index (χ2n) is 7.10. The standard InChI is InChI=1S/C20H20BrFN2O3/c21-15-10-13(22)11-17(14(15)5-6-19(25)26)24-8-7-23-16-4-2-1-3-12(16)9-18(23)20(24)27/h9-11H,1-8H2,(H,25,26). The number of aryl methyl sites for hydroxylation is 1. The van der Waals surface area contributed by atoms with E-state index in [9.17, 15) is 14.0 Å². The first kappa shape index (κ1) is 18.2. The molecule has 0 bridgehead atoms. The van der Waals surface area contributed by atoms with Gasteiger partial charge in [-0.15, -0.1) is 0 Å². The summed E-state index contributed by atoms with van der Waals surface area (Å²) < 4.78 is 16.7. The van der Waals surface area contributed by atoms with Crippen LogP contribution in [0.15, 0.2) is 22.7 Å². The third kappa shape index (κ3) is 3.29. The van der Waals surface area contributed by atoms with Crippen molar-refractivity contribution in [2.75, 3.05) is 11.4 Å². The third-order valence-corrected chi connectivity index (χ3v) is 6.14. The van der Waals surface area contributed by atoms with Crippen LogP contribution in [-0.2, 0) is 30.6 Å². The molecular weight excluding hydrogens is 415 g/mol. The molecule has 1 aliphatic carbocycles. The summed E-state index contributed by atoms with van der Waals surface area (Å²) >= 11 is 3.34. The molecule has 0 atom stereocenters. The van der Waals surface area contributed by atoms with E-state index in [2.05, 4.69) is 20.5 Å². The number of rotatable bonds is 4. The Hall–Kier alpha value is -2.15. The number of carboxylic acids is 1. The number of benzene rings is 1. The first-order valence-corrected chi connectivity index (χ1v) is 9.98. The van der Waals surface area contributed by atoms with Crippen molar-refractivity contribution >= 4 is 33.5 Å². The Morgan fingerprint density at radius 3 is 2.74 bits per heavy atom. The number of hydrogen-bond acceptors (Lipinski definition) is 2. The monoisotopic (exact) mass is 434 g/mol. The van der Waals surface area contributed by atoms with E-state index < -0.39 is 11.8 Å². The van der Waals surface area contributed by atoms with Crippen molar-refractivity contribution < 1.29 is 19.1 Å². The summed E-state index contributed by atoms with van der Waals surface area (Å²) in [6.45, 7) is 1.12. The number of fused-ring (bicyclic) bond motifs is 3. The molecule has 2 heterocycles. The molecular formula is C20H20BrFN2O3. The van der Waals surface area contributed by atoms with Crippen LogP contribution in [0.25, 0.3) is 0 Å². The fraction of sp³-hybridized carbons (Fsp3) is 0.400. The second kappa shape index (κ2) is 7.11. The highest BCUT2D eigenvalue weighted by molar-refractivity contribution is 9.10. The molecule has 0 spiro atoms. The minimum absolute atomic E-state index is 0.0794. The van der Waals surface area contributed by atoms with E-state index in [1.807, 2.05) is 6.07 Å². The molecule has 0 saturated heterocycles. The van der Waals surface area contributed by atoms with Crippen molar-refractivity contribution in [3.63, 3.8) is 0 Å². The Labute approximate surface area is 164 Å². The molecule has 4 rings (SSSR count). The minimum Gasteiger partial charge on any atom is -0.481 e. The van der Waals surface area contributed by atoms with Crippen LogP contribution >= 0.6 is 15.9 Å². The van der Waals surface area contributed by atoms with Crippen molar-refractivity contribution in [2.24, 2.45) is 0 Å². The summed E-state index contributed by atoms with van der Waals surface area (Å²) in [5, 5.41) is 9.02. The molecule has 142 valence electrons. The fourth-order valence-electron chi connectivity index (χ4n) is 4.18. The molecule has 1 aromatic carbocycles. The van der Waals surface area contributed by atoms with Gasteiger partial charge >= 0.3 is 5.97 Å². The SMILES string of the molecule is O=C(O)CCc1c(Br)cc(F)cc1N1CCn2c(cc3c2CCCC3)C1=O. The van der Waals surface area contributed by atoms with E-state index in [4.69, 9.17) is 5.11 Å². The lowest BCUT2D eigenvalue weighted by molar-refractivity contribution is -0.136. The Kier molecular flexibility index (Phi) is 4.80. The van der Waals surface area contributed by atoms with Crippen molar-refractivity contribution in [3.05, 3.63) is 51.0 Å². The van der Waals surface area contributed by atoms with Crippen LogP contribution in [0.2, 0.25) is 0 Å². The average molecular weight is 435 g/mol. The van der Waals surface area contributed by atoms with Gasteiger partial charge in [-0.05, 0) is 61.4 Å². The molecule has 7 heteroatoms. The summed E-state index contributed by atoms with van der Waals surface area (Å²) in [7, 11) is 0. The Balaban J connectivity index is 1.73. The van der Waals surface area contributed by atoms with Crippen LogP contribution in [0.3, 0.4) is 0 Å². The Morgan fingerprint density at radius 2 is 1.96 bits per heavy atom. The smallest absolute Gasteiger partial charge is 0.303 e. The summed E-state index contributed by atoms with van der Waals surface area (Å²) in [5.74, 6) is -1.53. The predicted octanol–water partition coefficient (Wildman–Crippen LogP) is 3.95. The first-order valence-electron chi connectivity index (χ1n) is 9.18. The van der Waals surface area contributed by atoms with Gasteiger partial charge in [0.15, 0.2) is 0 Å². The van der Waals surface area contributed by atoms with Crippen LogP contribution in [-0.4, -0.2) is 28.1 Å². The van der Waals surface area contributed by atoms with E-state index in [1.165, 1.54) is 23.4 Å². The van der Waals surface area contributed by atoms with E-state index in [1.54, 1.807) is 4.90 Å². The van der Waals surface area contributed by atoms with Gasteiger partial charge in [0.2, 0.25) is 0 Å². The second-order valence-corrected chi connectivity index (χ2v) is 7.95. The van der Waals surface area contributed by atoms with Gasteiger partial charge in [0.05, 0.1) is 5.69 Å². The number of aromatic nitrogens is 1. The van der Waals surface area contributed by atoms with Crippen LogP contribution < -0.4 is 4.90 Å². The normalized spacial score (nSPS) is 16.2. The molecule has 1 N–H and O–H groups in total. The molecule has 1 aliphatic heterocycles. The molecule has 2 aromatic rings. The van der Waals surface area contributed by atoms with Gasteiger partial charge in [0, 0.05) is 29.7 Å². The number of amides is 1. The Bertz CT molecular complexity index is 938. The van der Waals surface area contributed by atoms with Gasteiger partial charge in [-0.25, -0.2) is 4.39 Å². The number of carbonyl (C=O) groups is 2. The summed E-state index contributed by atoms with van der Waals surface area (Å²) in [6, 6.07) is 4.63. The molecule has 0 radical (unpaired) electrons. The number of hydrogen-bond donors (Lipinski definition) is 1. The van der Waals surface area contributed by atoms with Crippen LogP contribution in [0.1, 0.15) is 46.6 Å². The lowest BCUT2D eigenvalue weighted by atomic mass is 9.98. The summed E-state index contributed by atoms with van der Waals surface area (Å²) in [4.78, 5) is 25.8. The van der Waals surface area contributed by atoms with E-state index in [0.29, 0.717) is 34.5 Å². The number of aliphatic carboxylic acids is 1. The highest BCUT2D eigenvalue weighted by Gasteiger charge is 2.31. The minimum atomic E-state index is -0.927. The van der Waals surface area contributed by atoms with Gasteiger partial charge in [-0.2, -0.15) is 0 Å². The topological polar surface area (TPSA) is 62.5 Å². The molecule has 0 unspecified atom stereocenters. The molecule has 0 saturated carbocycles. The highest BCUT2D eigenvalue weighted by Crippen LogP contribution is 2.35. The van der Waals surface area contributed by atoms with Crippen LogP contribution in [0.4, 0.5) is 10.1 Å². The zero-order chi connectivity index (χ0) is 19.1. The lowest BCUT2D eigenvalue weighted by Gasteiger charge is -2.31. The maximum absolute atomic E-state index is 14.1. The number of halogens is 2.